The average molecular weight is 537 g/mol. The third-order valence-corrected chi connectivity index (χ3v) is 3.94. The first-order valence-electron chi connectivity index (χ1n) is 8.10. The van der Waals surface area contributed by atoms with Crippen molar-refractivity contribution >= 4 is 45.9 Å². The number of hydrogen-bond acceptors (Lipinski definition) is 3. The van der Waals surface area contributed by atoms with E-state index in [9.17, 15) is 4.39 Å². The summed E-state index contributed by atoms with van der Waals surface area (Å²) in [5, 5.41) is 6.38. The predicted molar refractivity (Wildman–Crippen MR) is 117 cm³/mol. The smallest absolute Gasteiger partial charge is 0.191 e. The third-order valence-electron chi connectivity index (χ3n) is 3.45. The Morgan fingerprint density at radius 2 is 2.08 bits per heavy atom. The third kappa shape index (κ3) is 8.31. The molecule has 2 N–H and O–H groups in total. The minimum atomic E-state index is -0.176. The maximum atomic E-state index is 13.7. The fourth-order valence-corrected chi connectivity index (χ4v) is 2.53. The van der Waals surface area contributed by atoms with Gasteiger partial charge in [0.1, 0.15) is 18.2 Å². The summed E-state index contributed by atoms with van der Waals surface area (Å²) in [4.78, 5) is 8.14. The van der Waals surface area contributed by atoms with Crippen LogP contribution in [0, 0.1) is 5.82 Å². The van der Waals surface area contributed by atoms with Crippen LogP contribution >= 0.6 is 39.9 Å². The first-order valence-corrected chi connectivity index (χ1v) is 8.89. The molecule has 1 aromatic carbocycles. The first-order chi connectivity index (χ1) is 12.2. The van der Waals surface area contributed by atoms with Crippen LogP contribution in [0.25, 0.3) is 0 Å². The SMILES string of the molecule is CN=C(NCCCc1ccc(Br)cc1F)NCCOc1cccnc1.I. The maximum Gasteiger partial charge on any atom is 0.191 e. The number of guanidine groups is 1. The van der Waals surface area contributed by atoms with Gasteiger partial charge in [0.05, 0.1) is 12.7 Å². The monoisotopic (exact) mass is 536 g/mol. The highest BCUT2D eigenvalue weighted by molar-refractivity contribution is 14.0. The Balaban J connectivity index is 0.00000338. The number of benzene rings is 1. The van der Waals surface area contributed by atoms with Crippen LogP contribution in [0.3, 0.4) is 0 Å². The molecule has 0 fully saturated rings. The van der Waals surface area contributed by atoms with E-state index >= 15 is 0 Å². The van der Waals surface area contributed by atoms with E-state index in [1.165, 1.54) is 6.07 Å². The molecule has 0 radical (unpaired) electrons. The topological polar surface area (TPSA) is 58.5 Å². The van der Waals surface area contributed by atoms with E-state index in [-0.39, 0.29) is 29.8 Å². The largest absolute Gasteiger partial charge is 0.490 e. The summed E-state index contributed by atoms with van der Waals surface area (Å²) in [6.45, 7) is 1.84. The van der Waals surface area contributed by atoms with Gasteiger partial charge in [-0.15, -0.1) is 24.0 Å². The summed E-state index contributed by atoms with van der Waals surface area (Å²) in [5.74, 6) is 1.26. The summed E-state index contributed by atoms with van der Waals surface area (Å²) >= 11 is 3.26. The molecule has 0 atom stereocenters. The number of rotatable bonds is 8. The van der Waals surface area contributed by atoms with Gasteiger partial charge in [-0.3, -0.25) is 9.98 Å². The number of aliphatic imine (C=N–C) groups is 1. The van der Waals surface area contributed by atoms with Crippen molar-refractivity contribution in [1.82, 2.24) is 15.6 Å². The number of nitrogens with one attached hydrogen (secondary N) is 2. The zero-order valence-corrected chi connectivity index (χ0v) is 18.5. The Kier molecular flexibility index (Phi) is 11.2. The second-order valence-corrected chi connectivity index (χ2v) is 6.22. The molecule has 8 heteroatoms. The van der Waals surface area contributed by atoms with Gasteiger partial charge in [-0.05, 0) is 42.7 Å². The summed E-state index contributed by atoms with van der Waals surface area (Å²) in [6, 6.07) is 8.85. The van der Waals surface area contributed by atoms with E-state index in [0.29, 0.717) is 32.1 Å². The van der Waals surface area contributed by atoms with Crippen LogP contribution in [-0.4, -0.2) is 37.7 Å². The van der Waals surface area contributed by atoms with Crippen LogP contribution in [0.5, 0.6) is 5.75 Å². The number of pyridine rings is 1. The molecule has 1 heterocycles. The minimum absolute atomic E-state index is 0. The number of aryl methyl sites for hydroxylation is 1. The minimum Gasteiger partial charge on any atom is -0.490 e. The van der Waals surface area contributed by atoms with Gasteiger partial charge in [-0.25, -0.2) is 4.39 Å². The summed E-state index contributed by atoms with van der Waals surface area (Å²) < 4.78 is 20.1. The van der Waals surface area contributed by atoms with Crippen LogP contribution in [-0.2, 0) is 6.42 Å². The molecule has 2 aromatic rings. The highest BCUT2D eigenvalue weighted by atomic mass is 127. The molecule has 1 aromatic heterocycles. The van der Waals surface area contributed by atoms with Crippen LogP contribution in [0.15, 0.2) is 52.2 Å². The Hall–Kier alpha value is -1.42. The van der Waals surface area contributed by atoms with E-state index in [0.717, 1.165) is 22.2 Å². The zero-order valence-electron chi connectivity index (χ0n) is 14.5. The number of aromatic nitrogens is 1. The van der Waals surface area contributed by atoms with Crippen LogP contribution < -0.4 is 15.4 Å². The molecule has 0 spiro atoms. The molecule has 0 amide bonds. The molecule has 0 saturated heterocycles. The van der Waals surface area contributed by atoms with E-state index in [1.807, 2.05) is 24.3 Å². The standard InChI is InChI=1S/C18H22BrFN4O.HI/c1-21-18(24-10-11-25-16-5-3-8-22-13-16)23-9-2-4-14-6-7-15(19)12-17(14)20;/h3,5-8,12-13H,2,4,9-11H2,1H3,(H2,21,23,24);1H. The van der Waals surface area contributed by atoms with Crippen molar-refractivity contribution in [3.05, 3.63) is 58.6 Å². The Morgan fingerprint density at radius 3 is 2.77 bits per heavy atom. The molecule has 0 aliphatic rings. The van der Waals surface area contributed by atoms with Gasteiger partial charge >= 0.3 is 0 Å². The molecule has 142 valence electrons. The molecule has 2 rings (SSSR count). The molecule has 0 aliphatic heterocycles. The Morgan fingerprint density at radius 1 is 1.27 bits per heavy atom. The van der Waals surface area contributed by atoms with Crippen molar-refractivity contribution in [1.29, 1.82) is 0 Å². The van der Waals surface area contributed by atoms with Gasteiger partial charge in [-0.2, -0.15) is 0 Å². The van der Waals surface area contributed by atoms with E-state index in [2.05, 4.69) is 36.5 Å². The lowest BCUT2D eigenvalue weighted by molar-refractivity contribution is 0.320. The zero-order chi connectivity index (χ0) is 17.9. The van der Waals surface area contributed by atoms with Crippen LogP contribution in [0.1, 0.15) is 12.0 Å². The Bertz CT molecular complexity index is 688. The Labute approximate surface area is 179 Å². The van der Waals surface area contributed by atoms with Gasteiger partial charge < -0.3 is 15.4 Å². The van der Waals surface area contributed by atoms with Crippen molar-refractivity contribution in [2.75, 3.05) is 26.7 Å². The molecule has 0 aliphatic carbocycles. The van der Waals surface area contributed by atoms with Crippen LogP contribution in [0.4, 0.5) is 4.39 Å². The summed E-state index contributed by atoms with van der Waals surface area (Å²) in [7, 11) is 1.71. The number of halogens is 3. The highest BCUT2D eigenvalue weighted by Gasteiger charge is 2.03. The number of nitrogens with zero attached hydrogens (tertiary/aromatic N) is 2. The average Bonchev–Trinajstić information content (AvgIpc) is 2.62. The fraction of sp³-hybridized carbons (Fsp3) is 0.333. The van der Waals surface area contributed by atoms with Crippen LogP contribution in [0.2, 0.25) is 0 Å². The molecule has 0 unspecified atom stereocenters. The quantitative estimate of drug-likeness (QED) is 0.233. The lowest BCUT2D eigenvalue weighted by Gasteiger charge is -2.12. The van der Waals surface area contributed by atoms with Crippen molar-refractivity contribution in [2.45, 2.75) is 12.8 Å². The molecule has 5 nitrogen and oxygen atoms in total. The van der Waals surface area contributed by atoms with Crippen molar-refractivity contribution < 1.29 is 9.13 Å². The van der Waals surface area contributed by atoms with Crippen molar-refractivity contribution in [3.8, 4) is 5.75 Å². The van der Waals surface area contributed by atoms with E-state index in [1.54, 1.807) is 19.4 Å². The molecule has 0 bridgehead atoms. The van der Waals surface area contributed by atoms with Gasteiger partial charge in [0.25, 0.3) is 0 Å². The predicted octanol–water partition coefficient (Wildman–Crippen LogP) is 3.78. The van der Waals surface area contributed by atoms with E-state index < -0.39 is 0 Å². The summed E-state index contributed by atoms with van der Waals surface area (Å²) in [6.07, 6.45) is 4.87. The number of ether oxygens (including phenoxy) is 1. The van der Waals surface area contributed by atoms with Gasteiger partial charge in [0.15, 0.2) is 5.96 Å². The normalized spacial score (nSPS) is 10.8. The van der Waals surface area contributed by atoms with Crippen molar-refractivity contribution in [2.24, 2.45) is 4.99 Å². The molecule has 26 heavy (non-hydrogen) atoms. The lowest BCUT2D eigenvalue weighted by Crippen LogP contribution is -2.39. The molecule has 0 saturated carbocycles. The first kappa shape index (κ1) is 22.6. The maximum absolute atomic E-state index is 13.7. The highest BCUT2D eigenvalue weighted by Crippen LogP contribution is 2.16. The van der Waals surface area contributed by atoms with Gasteiger partial charge in [-0.1, -0.05) is 22.0 Å². The van der Waals surface area contributed by atoms with E-state index in [4.69, 9.17) is 4.74 Å². The second kappa shape index (κ2) is 12.9. The summed E-state index contributed by atoms with van der Waals surface area (Å²) in [5.41, 5.74) is 0.720. The molecular weight excluding hydrogens is 514 g/mol. The van der Waals surface area contributed by atoms with Crippen molar-refractivity contribution in [3.63, 3.8) is 0 Å². The fourth-order valence-electron chi connectivity index (χ4n) is 2.20. The van der Waals surface area contributed by atoms with Gasteiger partial charge in [0, 0.05) is 24.3 Å². The number of hydrogen-bond donors (Lipinski definition) is 2. The van der Waals surface area contributed by atoms with Gasteiger partial charge in [0.2, 0.25) is 0 Å². The second-order valence-electron chi connectivity index (χ2n) is 5.30. The lowest BCUT2D eigenvalue weighted by atomic mass is 10.1. The molecular formula is C18H23BrFIN4O.